The zero-order valence-corrected chi connectivity index (χ0v) is 14.7. The number of methoxy groups -OCH3 is 2. The molecule has 0 bridgehead atoms. The van der Waals surface area contributed by atoms with Gasteiger partial charge in [-0.25, -0.2) is 0 Å². The van der Waals surface area contributed by atoms with E-state index in [2.05, 4.69) is 20.4 Å². The first-order valence-electron chi connectivity index (χ1n) is 7.73. The zero-order valence-electron chi connectivity index (χ0n) is 14.7. The quantitative estimate of drug-likeness (QED) is 0.355. The molecule has 1 rings (SSSR count). The van der Waals surface area contributed by atoms with Gasteiger partial charge in [-0.2, -0.15) is 8.78 Å². The molecule has 0 saturated heterocycles. The van der Waals surface area contributed by atoms with Crippen LogP contribution in [0.5, 0.6) is 11.5 Å². The number of guanidine groups is 1. The number of nitrogens with zero attached hydrogens (tertiary/aromatic N) is 1. The van der Waals surface area contributed by atoms with Gasteiger partial charge in [-0.15, -0.1) is 0 Å². The average Bonchev–Trinajstić information content (AvgIpc) is 2.61. The van der Waals surface area contributed by atoms with Crippen molar-refractivity contribution >= 4 is 5.96 Å². The molecule has 0 heterocycles. The summed E-state index contributed by atoms with van der Waals surface area (Å²) in [6, 6.07) is 4.64. The summed E-state index contributed by atoms with van der Waals surface area (Å²) in [6.45, 7) is -0.569. The lowest BCUT2D eigenvalue weighted by Gasteiger charge is -2.15. The maximum Gasteiger partial charge on any atom is 0.387 e. The van der Waals surface area contributed by atoms with Gasteiger partial charge < -0.3 is 29.6 Å². The molecule has 2 N–H and O–H groups in total. The van der Waals surface area contributed by atoms with E-state index in [1.807, 2.05) is 0 Å². The summed E-state index contributed by atoms with van der Waals surface area (Å²) < 4.78 is 44.9. The molecular formula is C16H25F2N3O4. The highest BCUT2D eigenvalue weighted by molar-refractivity contribution is 5.79. The smallest absolute Gasteiger partial charge is 0.387 e. The highest BCUT2D eigenvalue weighted by atomic mass is 19.3. The van der Waals surface area contributed by atoms with Crippen LogP contribution in [0, 0.1) is 0 Å². The van der Waals surface area contributed by atoms with Crippen molar-refractivity contribution < 1.29 is 27.7 Å². The molecule has 0 amide bonds. The zero-order chi connectivity index (χ0) is 18.5. The highest BCUT2D eigenvalue weighted by Gasteiger charge is 2.11. The molecule has 0 atom stereocenters. The Morgan fingerprint density at radius 2 is 1.96 bits per heavy atom. The van der Waals surface area contributed by atoms with Crippen molar-refractivity contribution in [3.63, 3.8) is 0 Å². The molecule has 0 aromatic heterocycles. The van der Waals surface area contributed by atoms with Crippen LogP contribution in [0.25, 0.3) is 0 Å². The first kappa shape index (κ1) is 20.9. The number of nitrogens with one attached hydrogen (secondary N) is 2. The second-order valence-electron chi connectivity index (χ2n) is 4.81. The Kier molecular flexibility index (Phi) is 10.3. The van der Waals surface area contributed by atoms with Crippen molar-refractivity contribution in [2.45, 2.75) is 13.2 Å². The molecule has 0 unspecified atom stereocenters. The van der Waals surface area contributed by atoms with E-state index in [1.165, 1.54) is 13.2 Å². The standard InChI is InChI=1S/C16H25F2N3O4/c1-19-16(20-6-7-24-9-8-22-2)21-11-12-10-13(23-3)4-5-14(12)25-15(17)18/h4-5,10,15H,6-9,11H2,1-3H3,(H2,19,20,21). The summed E-state index contributed by atoms with van der Waals surface area (Å²) in [7, 11) is 4.73. The van der Waals surface area contributed by atoms with Gasteiger partial charge in [0.15, 0.2) is 5.96 Å². The van der Waals surface area contributed by atoms with E-state index in [-0.39, 0.29) is 12.3 Å². The van der Waals surface area contributed by atoms with Crippen molar-refractivity contribution in [3.05, 3.63) is 23.8 Å². The lowest BCUT2D eigenvalue weighted by atomic mass is 10.2. The van der Waals surface area contributed by atoms with Gasteiger partial charge in [0.2, 0.25) is 0 Å². The molecule has 1 aromatic carbocycles. The number of benzene rings is 1. The molecule has 0 aliphatic carbocycles. The number of hydrogen-bond acceptors (Lipinski definition) is 5. The Balaban J connectivity index is 2.53. The largest absolute Gasteiger partial charge is 0.497 e. The highest BCUT2D eigenvalue weighted by Crippen LogP contribution is 2.25. The molecule has 9 heteroatoms. The van der Waals surface area contributed by atoms with Gasteiger partial charge in [-0.1, -0.05) is 0 Å². The Morgan fingerprint density at radius 1 is 1.16 bits per heavy atom. The molecule has 25 heavy (non-hydrogen) atoms. The van der Waals surface area contributed by atoms with E-state index in [9.17, 15) is 8.78 Å². The van der Waals surface area contributed by atoms with Gasteiger partial charge in [0.25, 0.3) is 0 Å². The summed E-state index contributed by atoms with van der Waals surface area (Å²) in [5, 5.41) is 6.09. The Hall–Kier alpha value is -2.13. The van der Waals surface area contributed by atoms with Gasteiger partial charge in [0, 0.05) is 32.8 Å². The van der Waals surface area contributed by atoms with E-state index in [4.69, 9.17) is 14.2 Å². The van der Waals surface area contributed by atoms with Crippen LogP contribution in [0.3, 0.4) is 0 Å². The van der Waals surface area contributed by atoms with Gasteiger partial charge in [0.05, 0.1) is 26.9 Å². The van der Waals surface area contributed by atoms with Crippen LogP contribution in [0.15, 0.2) is 23.2 Å². The third kappa shape index (κ3) is 8.50. The van der Waals surface area contributed by atoms with Crippen LogP contribution >= 0.6 is 0 Å². The lowest BCUT2D eigenvalue weighted by Crippen LogP contribution is -2.38. The van der Waals surface area contributed by atoms with E-state index in [0.29, 0.717) is 43.6 Å². The molecule has 0 aliphatic rings. The van der Waals surface area contributed by atoms with E-state index >= 15 is 0 Å². The lowest BCUT2D eigenvalue weighted by molar-refractivity contribution is -0.0504. The van der Waals surface area contributed by atoms with Crippen molar-refractivity contribution in [3.8, 4) is 11.5 Å². The maximum absolute atomic E-state index is 12.5. The summed E-state index contributed by atoms with van der Waals surface area (Å²) >= 11 is 0. The minimum Gasteiger partial charge on any atom is -0.497 e. The molecule has 0 radical (unpaired) electrons. The number of hydrogen-bond donors (Lipinski definition) is 2. The predicted molar refractivity (Wildman–Crippen MR) is 90.5 cm³/mol. The molecule has 1 aromatic rings. The second-order valence-corrected chi connectivity index (χ2v) is 4.81. The Bertz CT molecular complexity index is 530. The van der Waals surface area contributed by atoms with Gasteiger partial charge in [-0.3, -0.25) is 4.99 Å². The summed E-state index contributed by atoms with van der Waals surface area (Å²) in [5.74, 6) is 1.15. The Morgan fingerprint density at radius 3 is 2.60 bits per heavy atom. The van der Waals surface area contributed by atoms with Crippen LogP contribution < -0.4 is 20.1 Å². The van der Waals surface area contributed by atoms with Crippen molar-refractivity contribution in [1.29, 1.82) is 0 Å². The minimum absolute atomic E-state index is 0.0849. The van der Waals surface area contributed by atoms with Crippen LogP contribution in [-0.4, -0.2) is 60.2 Å². The van der Waals surface area contributed by atoms with Gasteiger partial charge >= 0.3 is 6.61 Å². The van der Waals surface area contributed by atoms with Crippen molar-refractivity contribution in [1.82, 2.24) is 10.6 Å². The fourth-order valence-corrected chi connectivity index (χ4v) is 1.92. The molecule has 0 aliphatic heterocycles. The maximum atomic E-state index is 12.5. The third-order valence-electron chi connectivity index (χ3n) is 3.12. The SMILES string of the molecule is CN=C(NCCOCCOC)NCc1cc(OC)ccc1OC(F)F. The minimum atomic E-state index is -2.89. The van der Waals surface area contributed by atoms with E-state index in [1.54, 1.807) is 26.3 Å². The Labute approximate surface area is 146 Å². The topological polar surface area (TPSA) is 73.3 Å². The molecule has 7 nitrogen and oxygen atoms in total. The first-order valence-corrected chi connectivity index (χ1v) is 7.73. The molecule has 142 valence electrons. The van der Waals surface area contributed by atoms with Crippen LogP contribution in [0.1, 0.15) is 5.56 Å². The van der Waals surface area contributed by atoms with Crippen molar-refractivity contribution in [2.75, 3.05) is 47.6 Å². The first-order chi connectivity index (χ1) is 12.1. The molecule has 0 fully saturated rings. The monoisotopic (exact) mass is 361 g/mol. The second kappa shape index (κ2) is 12.3. The molecular weight excluding hydrogens is 336 g/mol. The number of rotatable bonds is 11. The summed E-state index contributed by atoms with van der Waals surface area (Å²) in [6.07, 6.45) is 0. The predicted octanol–water partition coefficient (Wildman–Crippen LogP) is 1.62. The number of aliphatic imine (C=N–C) groups is 1. The number of alkyl halides is 2. The van der Waals surface area contributed by atoms with Crippen LogP contribution in [0.4, 0.5) is 8.78 Å². The van der Waals surface area contributed by atoms with Gasteiger partial charge in [0.1, 0.15) is 11.5 Å². The van der Waals surface area contributed by atoms with Crippen LogP contribution in [-0.2, 0) is 16.0 Å². The summed E-state index contributed by atoms with van der Waals surface area (Å²) in [5.41, 5.74) is 0.527. The molecule has 0 spiro atoms. The third-order valence-corrected chi connectivity index (χ3v) is 3.12. The van der Waals surface area contributed by atoms with E-state index in [0.717, 1.165) is 0 Å². The van der Waals surface area contributed by atoms with Crippen molar-refractivity contribution in [2.24, 2.45) is 4.99 Å². The number of halogens is 2. The number of ether oxygens (including phenoxy) is 4. The average molecular weight is 361 g/mol. The van der Waals surface area contributed by atoms with E-state index < -0.39 is 6.61 Å². The fourth-order valence-electron chi connectivity index (χ4n) is 1.92. The molecule has 0 saturated carbocycles. The van der Waals surface area contributed by atoms with Gasteiger partial charge in [-0.05, 0) is 18.2 Å². The van der Waals surface area contributed by atoms with Crippen LogP contribution in [0.2, 0.25) is 0 Å². The fraction of sp³-hybridized carbons (Fsp3) is 0.562. The summed E-state index contributed by atoms with van der Waals surface area (Å²) in [4.78, 5) is 4.06. The normalized spacial score (nSPS) is 11.5.